The second kappa shape index (κ2) is 32.9. The van der Waals surface area contributed by atoms with E-state index in [1.54, 1.807) is 0 Å². The van der Waals surface area contributed by atoms with Gasteiger partial charge in [-0.15, -0.1) is 109 Å². The van der Waals surface area contributed by atoms with Crippen molar-refractivity contribution in [1.29, 1.82) is 0 Å². The van der Waals surface area contributed by atoms with Crippen LogP contribution >= 0.6 is 69.6 Å². The van der Waals surface area contributed by atoms with Gasteiger partial charge in [0.2, 0.25) is 0 Å². The molecule has 1 aliphatic carbocycles. The summed E-state index contributed by atoms with van der Waals surface area (Å²) in [7, 11) is 0. The summed E-state index contributed by atoms with van der Waals surface area (Å²) in [6.45, 7) is 19.1. The summed E-state index contributed by atoms with van der Waals surface area (Å²) in [5.74, 6) is -0.833. The van der Waals surface area contributed by atoms with Crippen molar-refractivity contribution in [1.82, 2.24) is 24.6 Å². The number of alkyl halides is 6. The van der Waals surface area contributed by atoms with Gasteiger partial charge < -0.3 is 29.7 Å². The van der Waals surface area contributed by atoms with E-state index in [9.17, 15) is 0 Å². The predicted molar refractivity (Wildman–Crippen MR) is 125 cm³/mol. The van der Waals surface area contributed by atoms with Gasteiger partial charge >= 0.3 is 0 Å². The Morgan fingerprint density at radius 1 is 0.577 bits per heavy atom. The van der Waals surface area contributed by atoms with E-state index in [1.165, 1.54) is 0 Å². The van der Waals surface area contributed by atoms with E-state index in [4.69, 9.17) is 79.5 Å². The SMILES string of the molecule is C=C.C=C.C=C.CC(=O)O.ClC1C(Cl)C(Cl)C(Cl)C(Cl)C1Cl.N.N.N.N. The molecule has 0 aromatic rings. The molecule has 0 saturated heterocycles. The number of rotatable bonds is 0. The largest absolute Gasteiger partial charge is 0.481 e. The van der Waals surface area contributed by atoms with Crippen LogP contribution in [0, 0.1) is 0 Å². The van der Waals surface area contributed by atoms with Crippen LogP contribution in [0.5, 0.6) is 0 Å². The Kier molecular flexibility index (Phi) is 63.6. The maximum atomic E-state index is 9.00. The summed E-state index contributed by atoms with van der Waals surface area (Å²) in [6, 6.07) is 0. The average molecular weight is 503 g/mol. The highest BCUT2D eigenvalue weighted by atomic mass is 35.5. The number of carboxylic acids is 1. The van der Waals surface area contributed by atoms with E-state index in [0.717, 1.165) is 6.92 Å². The maximum Gasteiger partial charge on any atom is 0.300 e. The fraction of sp³-hybridized carbons (Fsp3) is 0.500. The molecular weight excluding hydrogens is 469 g/mol. The topological polar surface area (TPSA) is 177 Å². The molecule has 0 aliphatic heterocycles. The van der Waals surface area contributed by atoms with E-state index < -0.39 is 38.2 Å². The summed E-state index contributed by atoms with van der Waals surface area (Å²) in [5, 5.41) is 4.80. The second-order valence-electron chi connectivity index (χ2n) is 3.19. The lowest BCUT2D eigenvalue weighted by molar-refractivity contribution is -0.134. The first-order valence-corrected chi connectivity index (χ1v) is 8.36. The van der Waals surface area contributed by atoms with Gasteiger partial charge in [-0.3, -0.25) is 4.79 Å². The second-order valence-corrected chi connectivity index (χ2v) is 6.21. The quantitative estimate of drug-likeness (QED) is 0.179. The minimum absolute atomic E-state index is 0. The van der Waals surface area contributed by atoms with Crippen LogP contribution in [0.25, 0.3) is 0 Å². The molecule has 1 aliphatic rings. The van der Waals surface area contributed by atoms with Gasteiger partial charge in [-0.25, -0.2) is 0 Å². The molecule has 13 N–H and O–H groups in total. The van der Waals surface area contributed by atoms with Gasteiger partial charge in [-0.1, -0.05) is 0 Å². The van der Waals surface area contributed by atoms with Gasteiger partial charge in [0, 0.05) is 6.92 Å². The molecule has 12 heteroatoms. The molecule has 1 saturated carbocycles. The molecule has 0 radical (unpaired) electrons. The fourth-order valence-electron chi connectivity index (χ4n) is 1.05. The lowest BCUT2D eigenvalue weighted by atomic mass is 9.97. The third-order valence-corrected chi connectivity index (χ3v) is 5.86. The van der Waals surface area contributed by atoms with Crippen LogP contribution in [0.1, 0.15) is 6.92 Å². The summed E-state index contributed by atoms with van der Waals surface area (Å²) >= 11 is 35.3. The summed E-state index contributed by atoms with van der Waals surface area (Å²) < 4.78 is 0. The zero-order chi connectivity index (χ0) is 19.0. The number of hydrogen-bond donors (Lipinski definition) is 5. The molecule has 164 valence electrons. The molecule has 0 amide bonds. The van der Waals surface area contributed by atoms with Crippen molar-refractivity contribution in [2.24, 2.45) is 0 Å². The van der Waals surface area contributed by atoms with Crippen molar-refractivity contribution < 1.29 is 9.90 Å². The van der Waals surface area contributed by atoms with Crippen LogP contribution in [-0.4, -0.2) is 43.3 Å². The van der Waals surface area contributed by atoms with Crippen molar-refractivity contribution >= 4 is 75.6 Å². The third kappa shape index (κ3) is 22.3. The molecule has 0 atom stereocenters. The maximum absolute atomic E-state index is 9.00. The van der Waals surface area contributed by atoms with Gasteiger partial charge in [-0.05, 0) is 0 Å². The van der Waals surface area contributed by atoms with Crippen LogP contribution in [0.15, 0.2) is 39.5 Å². The highest BCUT2D eigenvalue weighted by Crippen LogP contribution is 2.39. The zero-order valence-electron chi connectivity index (χ0n) is 15.2. The van der Waals surface area contributed by atoms with E-state index >= 15 is 0 Å². The summed E-state index contributed by atoms with van der Waals surface area (Å²) in [6.07, 6.45) is 0. The number of carbonyl (C=O) groups is 1. The van der Waals surface area contributed by atoms with E-state index in [2.05, 4.69) is 39.5 Å². The molecule has 0 spiro atoms. The molecule has 26 heavy (non-hydrogen) atoms. The first kappa shape index (κ1) is 50.3. The number of carboxylic acid groups (broad SMARTS) is 1. The van der Waals surface area contributed by atoms with Gasteiger partial charge in [0.15, 0.2) is 0 Å². The summed E-state index contributed by atoms with van der Waals surface area (Å²) in [5.41, 5.74) is 0. The van der Waals surface area contributed by atoms with Crippen LogP contribution in [0.3, 0.4) is 0 Å². The predicted octanol–water partition coefficient (Wildman–Crippen LogP) is 6.79. The van der Waals surface area contributed by atoms with Crippen LogP contribution in [0.2, 0.25) is 0 Å². The lowest BCUT2D eigenvalue weighted by Crippen LogP contribution is -2.52. The Bertz CT molecular complexity index is 229. The minimum Gasteiger partial charge on any atom is -0.481 e. The molecule has 0 aromatic heterocycles. The summed E-state index contributed by atoms with van der Waals surface area (Å²) in [4.78, 5) is 9.00. The molecule has 0 unspecified atom stereocenters. The van der Waals surface area contributed by atoms with Crippen molar-refractivity contribution in [3.63, 3.8) is 0 Å². The highest BCUT2D eigenvalue weighted by Gasteiger charge is 2.46. The molecule has 1 rings (SSSR count). The first-order chi connectivity index (χ1) is 10.2. The van der Waals surface area contributed by atoms with E-state index in [0.29, 0.717) is 0 Å². The van der Waals surface area contributed by atoms with Crippen LogP contribution < -0.4 is 24.6 Å². The van der Waals surface area contributed by atoms with Gasteiger partial charge in [0.25, 0.3) is 5.97 Å². The molecule has 0 bridgehead atoms. The molecule has 6 nitrogen and oxygen atoms in total. The third-order valence-electron chi connectivity index (χ3n) is 1.83. The van der Waals surface area contributed by atoms with Gasteiger partial charge in [0.05, 0.1) is 32.3 Å². The smallest absolute Gasteiger partial charge is 0.300 e. The Labute approximate surface area is 188 Å². The van der Waals surface area contributed by atoms with Gasteiger partial charge in [0.1, 0.15) is 0 Å². The first-order valence-electron chi connectivity index (χ1n) is 5.74. The number of aliphatic carboxylic acids is 1. The molecular formula is C14H34Cl6N4O2. The number of halogens is 6. The van der Waals surface area contributed by atoms with E-state index in [1.807, 2.05) is 0 Å². The zero-order valence-corrected chi connectivity index (χ0v) is 19.7. The van der Waals surface area contributed by atoms with Crippen molar-refractivity contribution in [2.75, 3.05) is 0 Å². The van der Waals surface area contributed by atoms with Crippen molar-refractivity contribution in [2.45, 2.75) is 39.2 Å². The number of hydrogen-bond acceptors (Lipinski definition) is 5. The normalized spacial score (nSPS) is 27.0. The highest BCUT2D eigenvalue weighted by molar-refractivity contribution is 6.45. The average Bonchev–Trinajstić information content (AvgIpc) is 2.54. The standard InChI is InChI=1S/C6H6Cl6.C2H4O2.3C2H4.4H3N/c7-1-2(8)4(10)6(12)5(11)3(1)9;1-2(3)4;3*1-2;;;;/h1-6H;1H3,(H,3,4);3*1-2H2;4*1H3. The lowest BCUT2D eigenvalue weighted by Gasteiger charge is -2.37. The van der Waals surface area contributed by atoms with E-state index in [-0.39, 0.29) is 24.6 Å². The Balaban J connectivity index is -0.0000000336. The van der Waals surface area contributed by atoms with Crippen molar-refractivity contribution in [3.05, 3.63) is 39.5 Å². The van der Waals surface area contributed by atoms with Gasteiger partial charge in [-0.2, -0.15) is 0 Å². The molecule has 0 aromatic carbocycles. The monoisotopic (exact) mass is 500 g/mol. The minimum atomic E-state index is -0.833. The Morgan fingerprint density at radius 2 is 0.615 bits per heavy atom. The Morgan fingerprint density at radius 3 is 0.654 bits per heavy atom. The molecule has 1 fully saturated rings. The van der Waals surface area contributed by atoms with Crippen LogP contribution in [0.4, 0.5) is 0 Å². The fourth-order valence-corrected chi connectivity index (χ4v) is 3.38. The molecule has 0 heterocycles. The van der Waals surface area contributed by atoms with Crippen molar-refractivity contribution in [3.8, 4) is 0 Å². The van der Waals surface area contributed by atoms with Crippen LogP contribution in [-0.2, 0) is 4.79 Å². The Hall–Kier alpha value is 0.270.